The molecule has 0 radical (unpaired) electrons. The van der Waals surface area contributed by atoms with Gasteiger partial charge in [0.2, 0.25) is 0 Å². The van der Waals surface area contributed by atoms with Gasteiger partial charge < -0.3 is 28.7 Å². The Morgan fingerprint density at radius 2 is 1.92 bits per heavy atom. The van der Waals surface area contributed by atoms with Crippen molar-refractivity contribution in [3.05, 3.63) is 52.8 Å². The molecule has 0 aliphatic carbocycles. The Kier molecular flexibility index (Phi) is 7.93. The van der Waals surface area contributed by atoms with E-state index in [0.29, 0.717) is 39.4 Å². The fourth-order valence-electron chi connectivity index (χ4n) is 4.92. The summed E-state index contributed by atoms with van der Waals surface area (Å²) in [4.78, 5) is 16.7. The Bertz CT molecular complexity index is 1080. The van der Waals surface area contributed by atoms with Crippen molar-refractivity contribution in [2.75, 3.05) is 51.4 Å². The number of methoxy groups -OCH3 is 1. The number of benzene rings is 2. The van der Waals surface area contributed by atoms with E-state index in [0.717, 1.165) is 29.8 Å². The van der Waals surface area contributed by atoms with Crippen molar-refractivity contribution < 1.29 is 28.1 Å². The summed E-state index contributed by atoms with van der Waals surface area (Å²) >= 11 is 0. The summed E-state index contributed by atoms with van der Waals surface area (Å²) in [7, 11) is 1.62. The van der Waals surface area contributed by atoms with E-state index >= 15 is 0 Å². The van der Waals surface area contributed by atoms with Crippen molar-refractivity contribution in [1.29, 1.82) is 0 Å². The van der Waals surface area contributed by atoms with Crippen LogP contribution in [0.25, 0.3) is 0 Å². The molecule has 7 nitrogen and oxygen atoms in total. The summed E-state index contributed by atoms with van der Waals surface area (Å²) in [5, 5.41) is 0. The minimum absolute atomic E-state index is 0.217. The first-order valence-electron chi connectivity index (χ1n) is 12.6. The van der Waals surface area contributed by atoms with Gasteiger partial charge in [0.25, 0.3) is 0 Å². The molecule has 2 aromatic carbocycles. The molecule has 1 atom stereocenters. The van der Waals surface area contributed by atoms with Gasteiger partial charge in [-0.15, -0.1) is 0 Å². The average molecular weight is 501 g/mol. The molecule has 0 fully saturated rings. The van der Waals surface area contributed by atoms with Gasteiger partial charge in [0.05, 0.1) is 25.4 Å². The first kappa shape index (κ1) is 26.1. The van der Waals surface area contributed by atoms with Crippen molar-refractivity contribution in [2.45, 2.75) is 52.2 Å². The van der Waals surface area contributed by atoms with Crippen LogP contribution in [-0.4, -0.2) is 69.2 Å². The molecule has 0 aromatic heterocycles. The monoisotopic (exact) mass is 500 g/mol. The van der Waals surface area contributed by atoms with Crippen LogP contribution in [0.15, 0.2) is 30.3 Å². The van der Waals surface area contributed by atoms with E-state index in [9.17, 15) is 9.18 Å². The maximum atomic E-state index is 14.2. The number of amides is 1. The first-order chi connectivity index (χ1) is 17.2. The highest BCUT2D eigenvalue weighted by Crippen LogP contribution is 2.40. The number of nitrogens with zero attached hydrogens (tertiary/aromatic N) is 2. The Hall–Kier alpha value is -3.00. The average Bonchev–Trinajstić information content (AvgIpc) is 3.03. The summed E-state index contributed by atoms with van der Waals surface area (Å²) in [6.07, 6.45) is 0.853. The second-order valence-corrected chi connectivity index (χ2v) is 10.4. The van der Waals surface area contributed by atoms with E-state index in [1.54, 1.807) is 30.2 Å². The van der Waals surface area contributed by atoms with E-state index < -0.39 is 11.4 Å². The zero-order valence-electron chi connectivity index (χ0n) is 21.9. The van der Waals surface area contributed by atoms with E-state index in [-0.39, 0.29) is 17.9 Å². The number of halogens is 1. The normalized spacial score (nSPS) is 16.4. The molecule has 2 aliphatic heterocycles. The molecule has 8 heteroatoms. The lowest BCUT2D eigenvalue weighted by Gasteiger charge is -2.36. The molecule has 0 N–H and O–H groups in total. The number of ether oxygens (including phenoxy) is 4. The third-order valence-electron chi connectivity index (χ3n) is 6.51. The minimum Gasteiger partial charge on any atom is -0.490 e. The van der Waals surface area contributed by atoms with Crippen molar-refractivity contribution in [3.8, 4) is 11.5 Å². The SMILES string of the molecule is COCC(CN1CCOc2cc3c(c(C)c21)CCN(C(=O)OC(C)(C)C)CC3)Oc1ccccc1F. The van der Waals surface area contributed by atoms with Crippen LogP contribution in [0.1, 0.15) is 37.5 Å². The predicted octanol–water partition coefficient (Wildman–Crippen LogP) is 4.76. The lowest BCUT2D eigenvalue weighted by Crippen LogP contribution is -2.43. The fourth-order valence-corrected chi connectivity index (χ4v) is 4.92. The highest BCUT2D eigenvalue weighted by Gasteiger charge is 2.30. The van der Waals surface area contributed by atoms with Gasteiger partial charge in [-0.2, -0.15) is 0 Å². The highest BCUT2D eigenvalue weighted by atomic mass is 19.1. The van der Waals surface area contributed by atoms with Crippen LogP contribution < -0.4 is 14.4 Å². The van der Waals surface area contributed by atoms with Gasteiger partial charge in [0.1, 0.15) is 24.1 Å². The van der Waals surface area contributed by atoms with Crippen LogP contribution in [0.4, 0.5) is 14.9 Å². The molecule has 0 saturated carbocycles. The minimum atomic E-state index is -0.525. The summed E-state index contributed by atoms with van der Waals surface area (Å²) < 4.78 is 37.3. The number of hydrogen-bond donors (Lipinski definition) is 0. The summed E-state index contributed by atoms with van der Waals surface area (Å²) in [6.45, 7) is 11.1. The van der Waals surface area contributed by atoms with E-state index in [1.807, 2.05) is 20.8 Å². The Balaban J connectivity index is 1.55. The van der Waals surface area contributed by atoms with Crippen LogP contribution in [0.3, 0.4) is 0 Å². The molecule has 4 rings (SSSR count). The third kappa shape index (κ3) is 6.03. The van der Waals surface area contributed by atoms with Crippen LogP contribution in [-0.2, 0) is 22.3 Å². The Morgan fingerprint density at radius 1 is 1.17 bits per heavy atom. The van der Waals surface area contributed by atoms with Gasteiger partial charge in [0, 0.05) is 20.2 Å². The zero-order chi connectivity index (χ0) is 25.9. The lowest BCUT2D eigenvalue weighted by molar-refractivity contribution is 0.0258. The van der Waals surface area contributed by atoms with Gasteiger partial charge in [-0.25, -0.2) is 9.18 Å². The predicted molar refractivity (Wildman–Crippen MR) is 137 cm³/mol. The van der Waals surface area contributed by atoms with Gasteiger partial charge >= 0.3 is 6.09 Å². The summed E-state index contributed by atoms with van der Waals surface area (Å²) in [5.41, 5.74) is 4.10. The molecule has 2 aromatic rings. The molecule has 1 amide bonds. The quantitative estimate of drug-likeness (QED) is 0.570. The molecule has 2 heterocycles. The van der Waals surface area contributed by atoms with Crippen LogP contribution >= 0.6 is 0 Å². The Labute approximate surface area is 213 Å². The second kappa shape index (κ2) is 10.9. The topological polar surface area (TPSA) is 60.5 Å². The number of hydrogen-bond acceptors (Lipinski definition) is 6. The fraction of sp³-hybridized carbons (Fsp3) is 0.536. The van der Waals surface area contributed by atoms with Crippen molar-refractivity contribution in [2.24, 2.45) is 0 Å². The van der Waals surface area contributed by atoms with Gasteiger partial charge in [-0.1, -0.05) is 12.1 Å². The van der Waals surface area contributed by atoms with Crippen molar-refractivity contribution in [1.82, 2.24) is 4.90 Å². The molecule has 36 heavy (non-hydrogen) atoms. The van der Waals surface area contributed by atoms with Gasteiger partial charge in [-0.05, 0) is 75.4 Å². The molecule has 1 unspecified atom stereocenters. The van der Waals surface area contributed by atoms with Gasteiger partial charge in [-0.3, -0.25) is 0 Å². The number of para-hydroxylation sites is 1. The third-order valence-corrected chi connectivity index (χ3v) is 6.51. The smallest absolute Gasteiger partial charge is 0.410 e. The van der Waals surface area contributed by atoms with E-state index in [1.165, 1.54) is 17.2 Å². The molecular weight excluding hydrogens is 463 g/mol. The van der Waals surface area contributed by atoms with Crippen LogP contribution in [0, 0.1) is 12.7 Å². The summed E-state index contributed by atoms with van der Waals surface area (Å²) in [6, 6.07) is 8.54. The van der Waals surface area contributed by atoms with E-state index in [2.05, 4.69) is 17.9 Å². The molecule has 0 saturated heterocycles. The first-order valence-corrected chi connectivity index (χ1v) is 12.6. The molecule has 0 spiro atoms. The Morgan fingerprint density at radius 3 is 2.64 bits per heavy atom. The number of carbonyl (C=O) groups excluding carboxylic acids is 1. The van der Waals surface area contributed by atoms with Crippen molar-refractivity contribution in [3.63, 3.8) is 0 Å². The zero-order valence-corrected chi connectivity index (χ0v) is 21.9. The van der Waals surface area contributed by atoms with Gasteiger partial charge in [0.15, 0.2) is 11.6 Å². The van der Waals surface area contributed by atoms with Crippen LogP contribution in [0.2, 0.25) is 0 Å². The number of rotatable bonds is 6. The van der Waals surface area contributed by atoms with E-state index in [4.69, 9.17) is 18.9 Å². The highest BCUT2D eigenvalue weighted by molar-refractivity contribution is 5.71. The molecule has 196 valence electrons. The summed E-state index contributed by atoms with van der Waals surface area (Å²) in [5.74, 6) is 0.663. The maximum absolute atomic E-state index is 14.2. The van der Waals surface area contributed by atoms with Crippen LogP contribution in [0.5, 0.6) is 11.5 Å². The molecule has 0 bridgehead atoms. The second-order valence-electron chi connectivity index (χ2n) is 10.4. The number of anilines is 1. The molecule has 2 aliphatic rings. The van der Waals surface area contributed by atoms with Crippen molar-refractivity contribution >= 4 is 11.8 Å². The standard InChI is InChI=1S/C28H37FN2O5/c1-19-22-11-13-30(27(32)36-28(2,3)4)12-10-20(22)16-25-26(19)31(14-15-34-25)17-21(18-33-5)35-24-9-7-6-8-23(24)29/h6-9,16,21H,10-15,17-18H2,1-5H3. The lowest BCUT2D eigenvalue weighted by atomic mass is 9.94. The largest absolute Gasteiger partial charge is 0.490 e. The number of fused-ring (bicyclic) bond motifs is 2. The maximum Gasteiger partial charge on any atom is 0.410 e. The molecular formula is C28H37FN2O5. The number of carbonyl (C=O) groups is 1.